The number of nitrogens with one attached hydrogen (secondary N) is 2. The molecule has 0 radical (unpaired) electrons. The molecule has 1 fully saturated rings. The van der Waals surface area contributed by atoms with Crippen LogP contribution in [0, 0.1) is 11.7 Å². The maximum atomic E-state index is 13.4. The van der Waals surface area contributed by atoms with Crippen LogP contribution in [-0.2, 0) is 9.59 Å². The number of hydrogen-bond acceptors (Lipinski definition) is 5. The second kappa shape index (κ2) is 10.6. The SMILES string of the molecule is O=C(COc1ccc(Cl)c(F)c1)NC1CCC(CC(=O)C2CNc3cc(Cl)ccc3O2)CC1. The highest BCUT2D eigenvalue weighted by Gasteiger charge is 2.30. The van der Waals surface area contributed by atoms with E-state index in [1.807, 2.05) is 0 Å². The van der Waals surface area contributed by atoms with Gasteiger partial charge >= 0.3 is 0 Å². The molecule has 4 rings (SSSR count). The molecule has 1 atom stereocenters. The van der Waals surface area contributed by atoms with Crippen LogP contribution in [0.25, 0.3) is 0 Å². The number of ketones is 1. The lowest BCUT2D eigenvalue weighted by Gasteiger charge is -2.31. The van der Waals surface area contributed by atoms with Crippen LogP contribution in [0.2, 0.25) is 10.0 Å². The first kappa shape index (κ1) is 23.6. The van der Waals surface area contributed by atoms with E-state index in [0.29, 0.717) is 23.7 Å². The number of anilines is 1. The van der Waals surface area contributed by atoms with Gasteiger partial charge in [0.1, 0.15) is 17.3 Å². The van der Waals surface area contributed by atoms with E-state index in [2.05, 4.69) is 10.6 Å². The molecule has 1 unspecified atom stereocenters. The van der Waals surface area contributed by atoms with Gasteiger partial charge in [0.2, 0.25) is 0 Å². The van der Waals surface area contributed by atoms with Crippen molar-refractivity contribution in [2.75, 3.05) is 18.5 Å². The first-order valence-corrected chi connectivity index (χ1v) is 11.7. The van der Waals surface area contributed by atoms with Crippen molar-refractivity contribution in [1.82, 2.24) is 5.32 Å². The van der Waals surface area contributed by atoms with Crippen molar-refractivity contribution < 1.29 is 23.5 Å². The number of Topliss-reactive ketones (excluding diaryl/α,β-unsaturated/α-hetero) is 1. The average molecular weight is 495 g/mol. The van der Waals surface area contributed by atoms with E-state index in [9.17, 15) is 14.0 Å². The molecule has 0 bridgehead atoms. The molecule has 176 valence electrons. The molecule has 2 aromatic carbocycles. The van der Waals surface area contributed by atoms with Crippen molar-refractivity contribution in [2.24, 2.45) is 5.92 Å². The van der Waals surface area contributed by atoms with E-state index >= 15 is 0 Å². The molecule has 0 aromatic heterocycles. The Morgan fingerprint density at radius 2 is 1.91 bits per heavy atom. The van der Waals surface area contributed by atoms with Crippen LogP contribution in [0.1, 0.15) is 32.1 Å². The van der Waals surface area contributed by atoms with Crippen molar-refractivity contribution in [1.29, 1.82) is 0 Å². The van der Waals surface area contributed by atoms with E-state index in [-0.39, 0.29) is 41.0 Å². The molecule has 1 aliphatic carbocycles. The molecule has 2 aromatic rings. The highest BCUT2D eigenvalue weighted by molar-refractivity contribution is 6.31. The van der Waals surface area contributed by atoms with Gasteiger partial charge in [0.25, 0.3) is 5.91 Å². The standard InChI is InChI=1S/C24H25Cl2FN2O4/c25-15-3-8-22-20(10-15)28-12-23(33-22)21(30)9-14-1-4-16(5-2-14)29-24(31)13-32-17-6-7-18(26)19(27)11-17/h3,6-8,10-11,14,16,23,28H,1-2,4-5,9,12-13H2,(H,29,31). The number of benzene rings is 2. The molecule has 0 spiro atoms. The van der Waals surface area contributed by atoms with Crippen LogP contribution in [0.3, 0.4) is 0 Å². The van der Waals surface area contributed by atoms with Crippen molar-refractivity contribution >= 4 is 40.6 Å². The summed E-state index contributed by atoms with van der Waals surface area (Å²) in [5.41, 5.74) is 0.799. The summed E-state index contributed by atoms with van der Waals surface area (Å²) >= 11 is 11.6. The molecule has 1 saturated carbocycles. The predicted molar refractivity (Wildman–Crippen MR) is 125 cm³/mol. The second-order valence-corrected chi connectivity index (χ2v) is 9.29. The number of halogens is 3. The quantitative estimate of drug-likeness (QED) is 0.565. The van der Waals surface area contributed by atoms with Gasteiger partial charge in [-0.1, -0.05) is 23.2 Å². The van der Waals surface area contributed by atoms with Crippen molar-refractivity contribution in [2.45, 2.75) is 44.2 Å². The maximum Gasteiger partial charge on any atom is 0.258 e. The molecule has 0 saturated heterocycles. The third-order valence-corrected chi connectivity index (χ3v) is 6.55. The normalized spacial score (nSPS) is 21.8. The van der Waals surface area contributed by atoms with Gasteiger partial charge in [0.05, 0.1) is 17.3 Å². The monoisotopic (exact) mass is 494 g/mol. The fraction of sp³-hybridized carbons (Fsp3) is 0.417. The Labute approximate surface area is 201 Å². The van der Waals surface area contributed by atoms with E-state index in [1.54, 1.807) is 18.2 Å². The molecular weight excluding hydrogens is 470 g/mol. The summed E-state index contributed by atoms with van der Waals surface area (Å²) in [6.07, 6.45) is 3.25. The number of hydrogen-bond donors (Lipinski definition) is 2. The first-order chi connectivity index (χ1) is 15.9. The number of carbonyl (C=O) groups excluding carboxylic acids is 2. The number of carbonyl (C=O) groups is 2. The van der Waals surface area contributed by atoms with Crippen LogP contribution in [0.5, 0.6) is 11.5 Å². The minimum atomic E-state index is -0.592. The zero-order chi connectivity index (χ0) is 23.4. The summed E-state index contributed by atoms with van der Waals surface area (Å²) < 4.78 is 24.7. The summed E-state index contributed by atoms with van der Waals surface area (Å²) in [4.78, 5) is 24.9. The highest BCUT2D eigenvalue weighted by atomic mass is 35.5. The zero-order valence-corrected chi connectivity index (χ0v) is 19.4. The van der Waals surface area contributed by atoms with E-state index in [4.69, 9.17) is 32.7 Å². The third kappa shape index (κ3) is 6.30. The highest BCUT2D eigenvalue weighted by Crippen LogP contribution is 2.33. The average Bonchev–Trinajstić information content (AvgIpc) is 2.80. The number of rotatable bonds is 7. The van der Waals surface area contributed by atoms with Gasteiger partial charge in [-0.05, 0) is 61.9 Å². The molecule has 1 aliphatic heterocycles. The number of amides is 1. The van der Waals surface area contributed by atoms with Crippen molar-refractivity contribution in [3.8, 4) is 11.5 Å². The molecule has 6 nitrogen and oxygen atoms in total. The zero-order valence-electron chi connectivity index (χ0n) is 17.9. The smallest absolute Gasteiger partial charge is 0.258 e. The Kier molecular flexibility index (Phi) is 7.60. The lowest BCUT2D eigenvalue weighted by Crippen LogP contribution is -2.41. The van der Waals surface area contributed by atoms with Crippen LogP contribution in [-0.4, -0.2) is 37.0 Å². The Balaban J connectivity index is 1.17. The minimum Gasteiger partial charge on any atom is -0.484 e. The van der Waals surface area contributed by atoms with Crippen molar-refractivity contribution in [3.63, 3.8) is 0 Å². The summed E-state index contributed by atoms with van der Waals surface area (Å²) in [5, 5.41) is 6.78. The summed E-state index contributed by atoms with van der Waals surface area (Å²) in [6.45, 7) is 0.229. The summed E-state index contributed by atoms with van der Waals surface area (Å²) in [5.74, 6) is 0.391. The first-order valence-electron chi connectivity index (χ1n) is 11.0. The minimum absolute atomic E-state index is 0.00286. The lowest BCUT2D eigenvalue weighted by molar-refractivity contribution is -0.127. The Bertz CT molecular complexity index is 1030. The molecule has 1 amide bonds. The fourth-order valence-corrected chi connectivity index (χ4v) is 4.52. The molecule has 2 aliphatic rings. The maximum absolute atomic E-state index is 13.4. The van der Waals surface area contributed by atoms with Crippen LogP contribution in [0.4, 0.5) is 10.1 Å². The lowest BCUT2D eigenvalue weighted by atomic mass is 9.82. The van der Waals surface area contributed by atoms with Crippen molar-refractivity contribution in [3.05, 3.63) is 52.3 Å². The summed E-state index contributed by atoms with van der Waals surface area (Å²) in [7, 11) is 0. The Morgan fingerprint density at radius 1 is 1.12 bits per heavy atom. The molecule has 33 heavy (non-hydrogen) atoms. The number of ether oxygens (including phenoxy) is 2. The Hall–Kier alpha value is -2.51. The molecule has 1 heterocycles. The van der Waals surface area contributed by atoms with Crippen LogP contribution >= 0.6 is 23.2 Å². The van der Waals surface area contributed by atoms with E-state index < -0.39 is 11.9 Å². The fourth-order valence-electron chi connectivity index (χ4n) is 4.23. The van der Waals surface area contributed by atoms with Crippen LogP contribution in [0.15, 0.2) is 36.4 Å². The number of fused-ring (bicyclic) bond motifs is 1. The van der Waals surface area contributed by atoms with E-state index in [1.165, 1.54) is 12.1 Å². The molecular formula is C24H25Cl2FN2O4. The van der Waals surface area contributed by atoms with Gasteiger partial charge in [-0.3, -0.25) is 9.59 Å². The second-order valence-electron chi connectivity index (χ2n) is 8.45. The third-order valence-electron chi connectivity index (χ3n) is 6.01. The topological polar surface area (TPSA) is 76.7 Å². The molecule has 2 N–H and O–H groups in total. The van der Waals surface area contributed by atoms with Gasteiger partial charge in [0.15, 0.2) is 18.5 Å². The van der Waals surface area contributed by atoms with Crippen LogP contribution < -0.4 is 20.1 Å². The van der Waals surface area contributed by atoms with Gasteiger partial charge in [-0.2, -0.15) is 0 Å². The van der Waals surface area contributed by atoms with Gasteiger partial charge in [0, 0.05) is 23.6 Å². The van der Waals surface area contributed by atoms with Gasteiger partial charge in [-0.25, -0.2) is 4.39 Å². The van der Waals surface area contributed by atoms with E-state index in [0.717, 1.165) is 37.4 Å². The predicted octanol–water partition coefficient (Wildman–Crippen LogP) is 5.02. The van der Waals surface area contributed by atoms with Gasteiger partial charge < -0.3 is 20.1 Å². The Morgan fingerprint density at radius 3 is 2.67 bits per heavy atom. The summed E-state index contributed by atoms with van der Waals surface area (Å²) in [6, 6.07) is 9.38. The van der Waals surface area contributed by atoms with Gasteiger partial charge in [-0.15, -0.1) is 0 Å². The molecule has 9 heteroatoms. The largest absolute Gasteiger partial charge is 0.484 e.